The second-order valence-electron chi connectivity index (χ2n) is 6.78. The maximum Gasteiger partial charge on any atom is 0.268 e. The second-order valence-corrected chi connectivity index (χ2v) is 7.78. The van der Waals surface area contributed by atoms with E-state index in [4.69, 9.17) is 0 Å². The van der Waals surface area contributed by atoms with E-state index in [0.717, 1.165) is 11.3 Å². The third-order valence-electron chi connectivity index (χ3n) is 4.94. The Morgan fingerprint density at radius 2 is 1.72 bits per heavy atom. The van der Waals surface area contributed by atoms with E-state index in [1.807, 2.05) is 74.5 Å². The average molecular weight is 404 g/mol. The minimum atomic E-state index is -0.116. The van der Waals surface area contributed by atoms with Crippen LogP contribution < -0.4 is 10.5 Å². The van der Waals surface area contributed by atoms with Crippen molar-refractivity contribution < 1.29 is 4.79 Å². The fourth-order valence-electron chi connectivity index (χ4n) is 3.43. The first-order chi connectivity index (χ1) is 14.1. The Bertz CT molecular complexity index is 1210. The molecule has 0 bridgehead atoms. The van der Waals surface area contributed by atoms with Crippen molar-refractivity contribution in [3.63, 3.8) is 0 Å². The number of amides is 1. The Morgan fingerprint density at radius 3 is 2.38 bits per heavy atom. The molecule has 0 saturated carbocycles. The lowest BCUT2D eigenvalue weighted by molar-refractivity contribution is 0.0991. The van der Waals surface area contributed by atoms with Crippen LogP contribution in [0.4, 0.5) is 5.69 Å². The van der Waals surface area contributed by atoms with E-state index < -0.39 is 0 Å². The van der Waals surface area contributed by atoms with Crippen LogP contribution >= 0.6 is 11.3 Å². The minimum absolute atomic E-state index is 0.104. The van der Waals surface area contributed by atoms with E-state index in [9.17, 15) is 9.59 Å². The molecule has 5 nitrogen and oxygen atoms in total. The number of thiophene rings is 1. The summed E-state index contributed by atoms with van der Waals surface area (Å²) in [4.78, 5) is 33.7. The van der Waals surface area contributed by atoms with Crippen molar-refractivity contribution >= 4 is 33.1 Å². The Morgan fingerprint density at radius 1 is 1.07 bits per heavy atom. The van der Waals surface area contributed by atoms with Crippen LogP contribution in [0.3, 0.4) is 0 Å². The molecule has 4 aromatic rings. The predicted octanol–water partition coefficient (Wildman–Crippen LogP) is 4.48. The summed E-state index contributed by atoms with van der Waals surface area (Å²) in [6.45, 7) is 4.77. The number of aromatic nitrogens is 2. The molecule has 0 fully saturated rings. The van der Waals surface area contributed by atoms with Gasteiger partial charge in [-0.3, -0.25) is 14.2 Å². The molecule has 2 aromatic heterocycles. The molecule has 4 rings (SSSR count). The highest BCUT2D eigenvalue weighted by Gasteiger charge is 2.24. The molecule has 0 unspecified atom stereocenters. The SMILES string of the molecule is CCN(C(=O)c1sc2ncn(Cc3ccccc3)c(=O)c2c1C)c1ccccc1. The number of anilines is 1. The van der Waals surface area contributed by atoms with Crippen LogP contribution in [0.2, 0.25) is 0 Å². The zero-order chi connectivity index (χ0) is 20.4. The molecule has 146 valence electrons. The van der Waals surface area contributed by atoms with Crippen LogP contribution in [-0.2, 0) is 6.54 Å². The summed E-state index contributed by atoms with van der Waals surface area (Å²) in [5, 5.41) is 0.529. The topological polar surface area (TPSA) is 55.2 Å². The van der Waals surface area contributed by atoms with Gasteiger partial charge in [-0.25, -0.2) is 4.98 Å². The largest absolute Gasteiger partial charge is 0.308 e. The molecule has 29 heavy (non-hydrogen) atoms. The fraction of sp³-hybridized carbons (Fsp3) is 0.174. The standard InChI is InChI=1S/C23H21N3O2S/c1-3-26(18-12-8-5-9-13-18)23(28)20-16(2)19-21(29-20)24-15-25(22(19)27)14-17-10-6-4-7-11-17/h4-13,15H,3,14H2,1-2H3. The first-order valence-corrected chi connectivity index (χ1v) is 10.3. The third-order valence-corrected chi connectivity index (χ3v) is 6.12. The van der Waals surface area contributed by atoms with E-state index >= 15 is 0 Å². The Balaban J connectivity index is 1.75. The van der Waals surface area contributed by atoms with Gasteiger partial charge in [0.25, 0.3) is 11.5 Å². The monoisotopic (exact) mass is 403 g/mol. The molecule has 0 saturated heterocycles. The molecule has 2 heterocycles. The van der Waals surface area contributed by atoms with Crippen LogP contribution in [0.5, 0.6) is 0 Å². The normalized spacial score (nSPS) is 11.0. The van der Waals surface area contributed by atoms with Gasteiger partial charge in [0.05, 0.1) is 23.1 Å². The van der Waals surface area contributed by atoms with E-state index in [1.165, 1.54) is 11.3 Å². The first kappa shape index (κ1) is 19.1. The maximum atomic E-state index is 13.3. The first-order valence-electron chi connectivity index (χ1n) is 9.49. The second kappa shape index (κ2) is 8.01. The molecule has 0 aliphatic heterocycles. The van der Waals surface area contributed by atoms with Crippen LogP contribution in [0, 0.1) is 6.92 Å². The van der Waals surface area contributed by atoms with Gasteiger partial charge in [0.15, 0.2) is 0 Å². The van der Waals surface area contributed by atoms with Crippen LogP contribution in [0.15, 0.2) is 71.8 Å². The minimum Gasteiger partial charge on any atom is -0.308 e. The van der Waals surface area contributed by atoms with Crippen LogP contribution in [0.25, 0.3) is 10.2 Å². The van der Waals surface area contributed by atoms with Crippen molar-refractivity contribution in [2.45, 2.75) is 20.4 Å². The molecule has 1 amide bonds. The number of carbonyl (C=O) groups is 1. The van der Waals surface area contributed by atoms with Gasteiger partial charge >= 0.3 is 0 Å². The lowest BCUT2D eigenvalue weighted by atomic mass is 10.2. The molecule has 2 aromatic carbocycles. The van der Waals surface area contributed by atoms with Gasteiger partial charge in [-0.15, -0.1) is 11.3 Å². The van der Waals surface area contributed by atoms with E-state index in [2.05, 4.69) is 4.98 Å². The summed E-state index contributed by atoms with van der Waals surface area (Å²) < 4.78 is 1.60. The molecule has 0 atom stereocenters. The lowest BCUT2D eigenvalue weighted by Gasteiger charge is -2.20. The summed E-state index contributed by atoms with van der Waals surface area (Å²) in [7, 11) is 0. The maximum absolute atomic E-state index is 13.3. The van der Waals surface area contributed by atoms with Gasteiger partial charge in [-0.05, 0) is 37.1 Å². The summed E-state index contributed by atoms with van der Waals surface area (Å²) >= 11 is 1.28. The number of aryl methyl sites for hydroxylation is 1. The summed E-state index contributed by atoms with van der Waals surface area (Å²) in [5.74, 6) is -0.104. The average Bonchev–Trinajstić information content (AvgIpc) is 3.09. The number of fused-ring (bicyclic) bond motifs is 1. The van der Waals surface area contributed by atoms with Gasteiger partial charge < -0.3 is 4.90 Å². The fourth-order valence-corrected chi connectivity index (χ4v) is 4.52. The number of nitrogens with zero attached hydrogens (tertiary/aromatic N) is 3. The summed E-state index contributed by atoms with van der Waals surface area (Å²) in [5.41, 5.74) is 2.45. The van der Waals surface area contributed by atoms with Gasteiger partial charge in [0.1, 0.15) is 4.83 Å². The highest BCUT2D eigenvalue weighted by atomic mass is 32.1. The molecule has 0 radical (unpaired) electrons. The molecule has 0 N–H and O–H groups in total. The highest BCUT2D eigenvalue weighted by molar-refractivity contribution is 7.20. The quantitative estimate of drug-likeness (QED) is 0.494. The molecular formula is C23H21N3O2S. The van der Waals surface area contributed by atoms with Crippen LogP contribution in [-0.4, -0.2) is 22.0 Å². The Kier molecular flexibility index (Phi) is 5.27. The Hall–Kier alpha value is -3.25. The van der Waals surface area contributed by atoms with E-state index in [1.54, 1.807) is 15.8 Å². The van der Waals surface area contributed by atoms with Gasteiger partial charge in [0.2, 0.25) is 0 Å². The van der Waals surface area contributed by atoms with Gasteiger partial charge in [0, 0.05) is 12.2 Å². The van der Waals surface area contributed by atoms with Crippen molar-refractivity contribution in [3.8, 4) is 0 Å². The molecule has 0 aliphatic rings. The van der Waals surface area contributed by atoms with E-state index in [0.29, 0.717) is 33.7 Å². The van der Waals surface area contributed by atoms with Crippen molar-refractivity contribution in [3.05, 3.63) is 93.3 Å². The predicted molar refractivity (Wildman–Crippen MR) is 118 cm³/mol. The van der Waals surface area contributed by atoms with E-state index in [-0.39, 0.29) is 11.5 Å². The van der Waals surface area contributed by atoms with Crippen molar-refractivity contribution in [2.75, 3.05) is 11.4 Å². The number of benzene rings is 2. The highest BCUT2D eigenvalue weighted by Crippen LogP contribution is 2.29. The van der Waals surface area contributed by atoms with Gasteiger partial charge in [-0.1, -0.05) is 48.5 Å². The number of hydrogen-bond acceptors (Lipinski definition) is 4. The smallest absolute Gasteiger partial charge is 0.268 e. The van der Waals surface area contributed by atoms with Crippen molar-refractivity contribution in [2.24, 2.45) is 0 Å². The van der Waals surface area contributed by atoms with Gasteiger partial charge in [-0.2, -0.15) is 0 Å². The molecule has 0 aliphatic carbocycles. The van der Waals surface area contributed by atoms with Crippen LogP contribution in [0.1, 0.15) is 27.7 Å². The Labute approximate surface area is 172 Å². The lowest BCUT2D eigenvalue weighted by Crippen LogP contribution is -2.30. The number of rotatable bonds is 5. The zero-order valence-electron chi connectivity index (χ0n) is 16.3. The molecule has 0 spiro atoms. The number of carbonyl (C=O) groups excluding carboxylic acids is 1. The van der Waals surface area contributed by atoms with Crippen molar-refractivity contribution in [1.29, 1.82) is 0 Å². The number of para-hydroxylation sites is 1. The molecule has 6 heteroatoms. The van der Waals surface area contributed by atoms with Crippen molar-refractivity contribution in [1.82, 2.24) is 9.55 Å². The summed E-state index contributed by atoms with van der Waals surface area (Å²) in [6, 6.07) is 19.4. The summed E-state index contributed by atoms with van der Waals surface area (Å²) in [6.07, 6.45) is 1.57. The third kappa shape index (κ3) is 3.59. The number of hydrogen-bond donors (Lipinski definition) is 0. The zero-order valence-corrected chi connectivity index (χ0v) is 17.1. The molecular weight excluding hydrogens is 382 g/mol.